The molecular weight excluding hydrogens is 252 g/mol. The SMILES string of the molecule is COCCNCCNCc1cnn(-c2ccccc2)c1. The van der Waals surface area contributed by atoms with Gasteiger partial charge >= 0.3 is 0 Å². The average Bonchev–Trinajstić information content (AvgIpc) is 2.96. The number of ether oxygens (including phenoxy) is 1. The molecule has 1 aromatic carbocycles. The zero-order valence-corrected chi connectivity index (χ0v) is 11.9. The number of hydrogen-bond acceptors (Lipinski definition) is 4. The molecule has 0 saturated heterocycles. The van der Waals surface area contributed by atoms with Crippen LogP contribution in [0, 0.1) is 0 Å². The first-order valence-electron chi connectivity index (χ1n) is 6.89. The van der Waals surface area contributed by atoms with Crippen molar-refractivity contribution in [1.29, 1.82) is 0 Å². The molecule has 2 aromatic rings. The third-order valence-electron chi connectivity index (χ3n) is 2.95. The predicted octanol–water partition coefficient (Wildman–Crippen LogP) is 1.20. The maximum absolute atomic E-state index is 4.97. The quantitative estimate of drug-likeness (QED) is 0.675. The summed E-state index contributed by atoms with van der Waals surface area (Å²) in [5, 5.41) is 11.1. The predicted molar refractivity (Wildman–Crippen MR) is 80.0 cm³/mol. The fraction of sp³-hybridized carbons (Fsp3) is 0.400. The van der Waals surface area contributed by atoms with Crippen molar-refractivity contribution < 1.29 is 4.74 Å². The number of hydrogen-bond donors (Lipinski definition) is 2. The van der Waals surface area contributed by atoms with Gasteiger partial charge in [-0.05, 0) is 12.1 Å². The standard InChI is InChI=1S/C15H22N4O/c1-20-10-9-16-7-8-17-11-14-12-18-19(13-14)15-5-3-2-4-6-15/h2-6,12-13,16-17H,7-11H2,1H3. The number of para-hydroxylation sites is 1. The van der Waals surface area contributed by atoms with E-state index in [1.54, 1.807) is 7.11 Å². The minimum absolute atomic E-state index is 0.754. The second kappa shape index (κ2) is 8.47. The Hall–Kier alpha value is -1.69. The van der Waals surface area contributed by atoms with Gasteiger partial charge in [0, 0.05) is 45.0 Å². The highest BCUT2D eigenvalue weighted by atomic mass is 16.5. The van der Waals surface area contributed by atoms with E-state index < -0.39 is 0 Å². The van der Waals surface area contributed by atoms with Crippen LogP contribution < -0.4 is 10.6 Å². The molecule has 0 saturated carbocycles. The maximum Gasteiger partial charge on any atom is 0.0645 e. The second-order valence-corrected chi connectivity index (χ2v) is 4.55. The van der Waals surface area contributed by atoms with Crippen LogP contribution >= 0.6 is 0 Å². The van der Waals surface area contributed by atoms with E-state index >= 15 is 0 Å². The summed E-state index contributed by atoms with van der Waals surface area (Å²) in [5.41, 5.74) is 2.27. The number of nitrogens with zero attached hydrogens (tertiary/aromatic N) is 2. The van der Waals surface area contributed by atoms with Crippen molar-refractivity contribution in [3.63, 3.8) is 0 Å². The van der Waals surface area contributed by atoms with Crippen LogP contribution in [0.4, 0.5) is 0 Å². The molecule has 0 fully saturated rings. The Kier molecular flexibility index (Phi) is 6.23. The minimum atomic E-state index is 0.754. The molecule has 0 unspecified atom stereocenters. The van der Waals surface area contributed by atoms with Gasteiger partial charge in [-0.2, -0.15) is 5.10 Å². The Morgan fingerprint density at radius 1 is 1.10 bits per heavy atom. The van der Waals surface area contributed by atoms with E-state index in [0.29, 0.717) is 0 Å². The van der Waals surface area contributed by atoms with Crippen LogP contribution in [0.25, 0.3) is 5.69 Å². The normalized spacial score (nSPS) is 10.8. The Labute approximate surface area is 119 Å². The van der Waals surface area contributed by atoms with Gasteiger partial charge in [-0.25, -0.2) is 4.68 Å². The van der Waals surface area contributed by atoms with Crippen molar-refractivity contribution in [2.75, 3.05) is 33.4 Å². The summed E-state index contributed by atoms with van der Waals surface area (Å²) in [4.78, 5) is 0. The van der Waals surface area contributed by atoms with Crippen molar-refractivity contribution >= 4 is 0 Å². The molecule has 0 amide bonds. The summed E-state index contributed by atoms with van der Waals surface area (Å²) in [6.07, 6.45) is 3.96. The minimum Gasteiger partial charge on any atom is -0.383 e. The molecule has 1 aromatic heterocycles. The zero-order valence-electron chi connectivity index (χ0n) is 11.9. The lowest BCUT2D eigenvalue weighted by molar-refractivity contribution is 0.199. The molecule has 2 N–H and O–H groups in total. The summed E-state index contributed by atoms with van der Waals surface area (Å²) in [7, 11) is 1.71. The van der Waals surface area contributed by atoms with Crippen LogP contribution in [-0.4, -0.2) is 43.1 Å². The van der Waals surface area contributed by atoms with Crippen LogP contribution in [0.3, 0.4) is 0 Å². The number of benzene rings is 1. The number of methoxy groups -OCH3 is 1. The first-order valence-corrected chi connectivity index (χ1v) is 6.89. The molecule has 5 heteroatoms. The summed E-state index contributed by atoms with van der Waals surface area (Å²) in [6.45, 7) is 4.35. The molecule has 5 nitrogen and oxygen atoms in total. The third kappa shape index (κ3) is 4.77. The van der Waals surface area contributed by atoms with Crippen molar-refractivity contribution in [2.24, 2.45) is 0 Å². The lowest BCUT2D eigenvalue weighted by atomic mass is 10.3. The highest BCUT2D eigenvalue weighted by molar-refractivity contribution is 5.30. The summed E-state index contributed by atoms with van der Waals surface area (Å²) in [6, 6.07) is 10.1. The van der Waals surface area contributed by atoms with E-state index in [1.165, 1.54) is 5.56 Å². The van der Waals surface area contributed by atoms with Crippen molar-refractivity contribution in [3.05, 3.63) is 48.3 Å². The largest absolute Gasteiger partial charge is 0.383 e. The molecule has 0 aliphatic heterocycles. The van der Waals surface area contributed by atoms with Crippen LogP contribution in [0.5, 0.6) is 0 Å². The van der Waals surface area contributed by atoms with Crippen molar-refractivity contribution in [3.8, 4) is 5.69 Å². The fourth-order valence-corrected chi connectivity index (χ4v) is 1.88. The summed E-state index contributed by atoms with van der Waals surface area (Å²) < 4.78 is 6.87. The van der Waals surface area contributed by atoms with Crippen LogP contribution in [0.15, 0.2) is 42.7 Å². The first-order chi connectivity index (χ1) is 9.90. The molecule has 0 aliphatic rings. The molecule has 1 heterocycles. The third-order valence-corrected chi connectivity index (χ3v) is 2.95. The van der Waals surface area contributed by atoms with Gasteiger partial charge in [-0.3, -0.25) is 0 Å². The first kappa shape index (κ1) is 14.7. The zero-order chi connectivity index (χ0) is 14.0. The van der Waals surface area contributed by atoms with Gasteiger partial charge < -0.3 is 15.4 Å². The second-order valence-electron chi connectivity index (χ2n) is 4.55. The Morgan fingerprint density at radius 3 is 2.70 bits per heavy atom. The lowest BCUT2D eigenvalue weighted by Gasteiger charge is -2.05. The van der Waals surface area contributed by atoms with Crippen LogP contribution in [-0.2, 0) is 11.3 Å². The lowest BCUT2D eigenvalue weighted by Crippen LogP contribution is -2.29. The smallest absolute Gasteiger partial charge is 0.0645 e. The molecule has 0 bridgehead atoms. The van der Waals surface area contributed by atoms with Gasteiger partial charge in [0.05, 0.1) is 18.5 Å². The van der Waals surface area contributed by atoms with E-state index in [-0.39, 0.29) is 0 Å². The van der Waals surface area contributed by atoms with Crippen LogP contribution in [0.2, 0.25) is 0 Å². The molecule has 0 radical (unpaired) electrons. The van der Waals surface area contributed by atoms with Crippen molar-refractivity contribution in [1.82, 2.24) is 20.4 Å². The topological polar surface area (TPSA) is 51.1 Å². The van der Waals surface area contributed by atoms with E-state index in [9.17, 15) is 0 Å². The molecule has 0 spiro atoms. The van der Waals surface area contributed by atoms with Gasteiger partial charge in [0.15, 0.2) is 0 Å². The Morgan fingerprint density at radius 2 is 1.90 bits per heavy atom. The number of nitrogens with one attached hydrogen (secondary N) is 2. The van der Waals surface area contributed by atoms with E-state index in [2.05, 4.69) is 21.9 Å². The van der Waals surface area contributed by atoms with Gasteiger partial charge in [-0.1, -0.05) is 18.2 Å². The monoisotopic (exact) mass is 274 g/mol. The van der Waals surface area contributed by atoms with Crippen molar-refractivity contribution in [2.45, 2.75) is 6.54 Å². The number of rotatable bonds is 9. The summed E-state index contributed by atoms with van der Waals surface area (Å²) >= 11 is 0. The van der Waals surface area contributed by atoms with E-state index in [1.807, 2.05) is 41.2 Å². The summed E-state index contributed by atoms with van der Waals surface area (Å²) in [5.74, 6) is 0. The molecule has 108 valence electrons. The molecule has 20 heavy (non-hydrogen) atoms. The Balaban J connectivity index is 1.69. The van der Waals surface area contributed by atoms with E-state index in [4.69, 9.17) is 4.74 Å². The molecular formula is C15H22N4O. The van der Waals surface area contributed by atoms with Gasteiger partial charge in [0.2, 0.25) is 0 Å². The van der Waals surface area contributed by atoms with E-state index in [0.717, 1.165) is 38.5 Å². The van der Waals surface area contributed by atoms with Gasteiger partial charge in [-0.15, -0.1) is 0 Å². The average molecular weight is 274 g/mol. The molecule has 2 rings (SSSR count). The highest BCUT2D eigenvalue weighted by Gasteiger charge is 1.99. The van der Waals surface area contributed by atoms with Gasteiger partial charge in [0.1, 0.15) is 0 Å². The highest BCUT2D eigenvalue weighted by Crippen LogP contribution is 2.07. The maximum atomic E-state index is 4.97. The molecule has 0 atom stereocenters. The fourth-order valence-electron chi connectivity index (χ4n) is 1.88. The molecule has 0 aliphatic carbocycles. The van der Waals surface area contributed by atoms with Gasteiger partial charge in [0.25, 0.3) is 0 Å². The van der Waals surface area contributed by atoms with Crippen LogP contribution in [0.1, 0.15) is 5.56 Å². The number of aromatic nitrogens is 2. The Bertz CT molecular complexity index is 484.